The third-order valence-electron chi connectivity index (χ3n) is 3.55. The minimum atomic E-state index is -2.85. The van der Waals surface area contributed by atoms with Gasteiger partial charge in [-0.2, -0.15) is 15.0 Å². The van der Waals surface area contributed by atoms with Crippen molar-refractivity contribution in [3.05, 3.63) is 0 Å². The lowest BCUT2D eigenvalue weighted by atomic mass is 10.5. The number of hydrogen-bond donors (Lipinski definition) is 1. The van der Waals surface area contributed by atoms with Crippen molar-refractivity contribution in [2.45, 2.75) is 84.3 Å². The van der Waals surface area contributed by atoms with Gasteiger partial charge in [0.1, 0.15) is 0 Å². The summed E-state index contributed by atoms with van der Waals surface area (Å²) in [6.45, 7) is 16.9. The van der Waals surface area contributed by atoms with Crippen molar-refractivity contribution >= 4 is 20.7 Å². The van der Waals surface area contributed by atoms with Gasteiger partial charge in [0.05, 0.1) is 12.3 Å². The summed E-state index contributed by atoms with van der Waals surface area (Å²) in [5.41, 5.74) is 0. The zero-order chi connectivity index (χ0) is 20.3. The maximum atomic E-state index is 5.87. The fourth-order valence-corrected chi connectivity index (χ4v) is 4.71. The molecule has 1 aromatic rings. The summed E-state index contributed by atoms with van der Waals surface area (Å²) in [5, 5.41) is 3.21. The quantitative estimate of drug-likeness (QED) is 0.379. The number of ether oxygens (including phenoxy) is 1. The predicted molar refractivity (Wildman–Crippen MR) is 135 cm³/mol. The van der Waals surface area contributed by atoms with Crippen LogP contribution in [0.2, 0.25) is 0 Å². The first kappa shape index (κ1) is 36.9. The van der Waals surface area contributed by atoms with Gasteiger partial charge < -0.3 is 28.2 Å². The van der Waals surface area contributed by atoms with Crippen molar-refractivity contribution in [3.63, 3.8) is 0 Å². The molecule has 0 bridgehead atoms. The first-order chi connectivity index (χ1) is 12.9. The largest absolute Gasteiger partial charge is 0.521 e. The van der Waals surface area contributed by atoms with Crippen LogP contribution in [0.5, 0.6) is 6.01 Å². The van der Waals surface area contributed by atoms with Crippen LogP contribution in [0.4, 0.5) is 11.9 Å². The first-order valence-electron chi connectivity index (χ1n) is 9.76. The highest BCUT2D eigenvalue weighted by Gasteiger charge is 2.40. The van der Waals surface area contributed by atoms with Crippen LogP contribution >= 0.6 is 0 Å². The highest BCUT2D eigenvalue weighted by molar-refractivity contribution is 6.61. The molecular weight excluding hydrogens is 414 g/mol. The summed E-state index contributed by atoms with van der Waals surface area (Å²) in [5.74, 6) is 0.989. The van der Waals surface area contributed by atoms with Gasteiger partial charge in [-0.15, -0.1) is 0 Å². The Morgan fingerprint density at radius 2 is 1.29 bits per heavy atom. The van der Waals surface area contributed by atoms with Crippen LogP contribution in [0, 0.1) is 0 Å². The van der Waals surface area contributed by atoms with Gasteiger partial charge in [0, 0.05) is 32.9 Å². The third kappa shape index (κ3) is 12.2. The Balaban J connectivity index is -0.000000911. The molecule has 188 valence electrons. The summed E-state index contributed by atoms with van der Waals surface area (Å²) in [4.78, 5) is 15.4. The van der Waals surface area contributed by atoms with Gasteiger partial charge in [-0.25, -0.2) is 0 Å². The molecule has 0 spiro atoms. The summed E-state index contributed by atoms with van der Waals surface area (Å²) in [6, 6.07) is 0.292. The fraction of sp³-hybridized carbons (Fsp3) is 0.857. The predicted octanol–water partition coefficient (Wildman–Crippen LogP) is 5.05. The van der Waals surface area contributed by atoms with Crippen LogP contribution in [0.15, 0.2) is 0 Å². The van der Waals surface area contributed by atoms with Crippen LogP contribution in [-0.4, -0.2) is 68.9 Å². The average molecular weight is 466 g/mol. The Morgan fingerprint density at radius 1 is 0.806 bits per heavy atom. The minimum Gasteiger partial charge on any atom is -0.461 e. The molecule has 0 saturated carbocycles. The molecule has 0 unspecified atom stereocenters. The van der Waals surface area contributed by atoms with Crippen molar-refractivity contribution < 1.29 is 18.0 Å². The second kappa shape index (κ2) is 19.2. The van der Waals surface area contributed by atoms with E-state index in [4.69, 9.17) is 18.0 Å². The Bertz CT molecular complexity index is 531. The van der Waals surface area contributed by atoms with Crippen molar-refractivity contribution in [2.24, 2.45) is 0 Å². The van der Waals surface area contributed by atoms with E-state index in [2.05, 4.69) is 34.1 Å². The molecule has 0 atom stereocenters. The molecule has 1 aromatic heterocycles. The lowest BCUT2D eigenvalue weighted by molar-refractivity contribution is 0.0740. The smallest absolute Gasteiger partial charge is 0.461 e. The first-order valence-corrected chi connectivity index (χ1v) is 11.7. The van der Waals surface area contributed by atoms with Crippen molar-refractivity contribution in [1.82, 2.24) is 15.0 Å². The molecule has 1 rings (SSSR count). The number of aromatic nitrogens is 3. The number of nitrogens with zero attached hydrogens (tertiary/aromatic N) is 4. The Kier molecular flexibility index (Phi) is 22.8. The van der Waals surface area contributed by atoms with E-state index in [0.717, 1.165) is 13.1 Å². The SMILES string of the molecule is C.C.C.C.CCO[Si](CNc1nc(OC(C)C)nc(N(CC)CC)n1)(OCC)OCC. The molecule has 31 heavy (non-hydrogen) atoms. The van der Waals surface area contributed by atoms with E-state index in [1.807, 2.05) is 39.5 Å². The van der Waals surface area contributed by atoms with Crippen LogP contribution in [0.1, 0.15) is 78.2 Å². The molecule has 10 heteroatoms. The molecule has 0 amide bonds. The monoisotopic (exact) mass is 465 g/mol. The molecule has 9 nitrogen and oxygen atoms in total. The average Bonchev–Trinajstić information content (AvgIpc) is 2.61. The minimum absolute atomic E-state index is 0. The number of hydrogen-bond acceptors (Lipinski definition) is 9. The lowest BCUT2D eigenvalue weighted by Gasteiger charge is -2.28. The van der Waals surface area contributed by atoms with Crippen molar-refractivity contribution in [3.8, 4) is 6.01 Å². The zero-order valence-electron chi connectivity index (χ0n) is 17.7. The standard InChI is InChI=1S/C17H35N5O4Si.4CH4/c1-8-22(9-2)16-19-15(20-17(21-16)26-14(6)7)18-13-27(23-10-3,24-11-4)25-12-5;;;;/h14H,8-13H2,1-7H3,(H,18,19,20,21);4*1H4. The number of nitrogens with one attached hydrogen (secondary N) is 1. The highest BCUT2D eigenvalue weighted by atomic mass is 28.4. The van der Waals surface area contributed by atoms with E-state index in [9.17, 15) is 0 Å². The van der Waals surface area contributed by atoms with Gasteiger partial charge in [0.15, 0.2) is 0 Å². The Labute approximate surface area is 193 Å². The molecule has 0 aliphatic carbocycles. The molecule has 0 aliphatic heterocycles. The molecule has 1 N–H and O–H groups in total. The van der Waals surface area contributed by atoms with Gasteiger partial charge in [0.25, 0.3) is 0 Å². The summed E-state index contributed by atoms with van der Waals surface area (Å²) >= 11 is 0. The molecule has 0 aliphatic rings. The maximum absolute atomic E-state index is 5.87. The van der Waals surface area contributed by atoms with Gasteiger partial charge in [-0.3, -0.25) is 0 Å². The van der Waals surface area contributed by atoms with E-state index in [1.165, 1.54) is 0 Å². The molecule has 0 saturated heterocycles. The summed E-state index contributed by atoms with van der Waals surface area (Å²) < 4.78 is 23.3. The van der Waals surface area contributed by atoms with Crippen molar-refractivity contribution in [2.75, 3.05) is 49.3 Å². The van der Waals surface area contributed by atoms with Gasteiger partial charge >= 0.3 is 14.8 Å². The highest BCUT2D eigenvalue weighted by Crippen LogP contribution is 2.17. The topological polar surface area (TPSA) is 90.9 Å². The molecule has 0 fully saturated rings. The molecule has 0 aromatic carbocycles. The van der Waals surface area contributed by atoms with Crippen LogP contribution in [0.25, 0.3) is 0 Å². The molecule has 0 radical (unpaired) electrons. The Morgan fingerprint density at radius 3 is 1.68 bits per heavy atom. The third-order valence-corrected chi connectivity index (χ3v) is 6.34. The van der Waals surface area contributed by atoms with E-state index in [0.29, 0.717) is 43.9 Å². The van der Waals surface area contributed by atoms with Gasteiger partial charge in [-0.05, 0) is 48.5 Å². The van der Waals surface area contributed by atoms with Crippen molar-refractivity contribution in [1.29, 1.82) is 0 Å². The van der Waals surface area contributed by atoms with E-state index < -0.39 is 8.80 Å². The molecule has 1 heterocycles. The maximum Gasteiger partial charge on any atom is 0.521 e. The number of anilines is 2. The fourth-order valence-electron chi connectivity index (χ4n) is 2.46. The van der Waals surface area contributed by atoms with Crippen LogP contribution < -0.4 is 15.0 Å². The van der Waals surface area contributed by atoms with E-state index >= 15 is 0 Å². The van der Waals surface area contributed by atoms with Crippen LogP contribution in [-0.2, 0) is 13.3 Å². The second-order valence-corrected chi connectivity index (χ2v) is 8.50. The van der Waals surface area contributed by atoms with Crippen LogP contribution in [0.3, 0.4) is 0 Å². The van der Waals surface area contributed by atoms with Gasteiger partial charge in [0.2, 0.25) is 11.9 Å². The number of rotatable bonds is 14. The summed E-state index contributed by atoms with van der Waals surface area (Å²) in [7, 11) is -2.85. The Hall–Kier alpha value is -1.49. The van der Waals surface area contributed by atoms with E-state index in [-0.39, 0.29) is 35.8 Å². The zero-order valence-corrected chi connectivity index (χ0v) is 18.7. The normalized spacial score (nSPS) is 10.2. The second-order valence-electron chi connectivity index (χ2n) is 5.92. The molecular formula is C21H51N5O4Si. The lowest BCUT2D eigenvalue weighted by Crippen LogP contribution is -2.52. The summed E-state index contributed by atoms with van der Waals surface area (Å²) in [6.07, 6.45) is 0.333. The van der Waals surface area contributed by atoms with Gasteiger partial charge in [-0.1, -0.05) is 29.7 Å². The van der Waals surface area contributed by atoms with E-state index in [1.54, 1.807) is 0 Å².